The number of rotatable bonds is 6. The summed E-state index contributed by atoms with van der Waals surface area (Å²) in [6, 6.07) is 0. The largest absolute Gasteiger partial charge is 0.463 e. The van der Waals surface area contributed by atoms with Crippen molar-refractivity contribution in [1.29, 1.82) is 0 Å². The number of fused-ring (bicyclic) bond motifs is 5. The van der Waals surface area contributed by atoms with Crippen LogP contribution in [-0.2, 0) is 9.53 Å². The van der Waals surface area contributed by atoms with Gasteiger partial charge in [-0.05, 0) is 104 Å². The zero-order valence-electron chi connectivity index (χ0n) is 21.7. The van der Waals surface area contributed by atoms with E-state index in [-0.39, 0.29) is 18.2 Å². The molecule has 1 N–H and O–H groups in total. The first-order valence-electron chi connectivity index (χ1n) is 13.9. The fourth-order valence-electron chi connectivity index (χ4n) is 9.55. The molecule has 4 saturated carbocycles. The molecule has 0 heterocycles. The topological polar surface area (TPSA) is 46.5 Å². The molecule has 0 amide bonds. The molecule has 184 valence electrons. The predicted molar refractivity (Wildman–Crippen MR) is 130 cm³/mol. The van der Waals surface area contributed by atoms with Gasteiger partial charge < -0.3 is 9.84 Å². The van der Waals surface area contributed by atoms with E-state index in [1.54, 1.807) is 0 Å². The number of hydrogen-bond acceptors (Lipinski definition) is 3. The molecule has 0 bridgehead atoms. The van der Waals surface area contributed by atoms with Gasteiger partial charge in [0.1, 0.15) is 6.10 Å². The van der Waals surface area contributed by atoms with Crippen LogP contribution in [0.3, 0.4) is 0 Å². The van der Waals surface area contributed by atoms with E-state index in [0.717, 1.165) is 43.4 Å². The lowest BCUT2D eigenvalue weighted by Gasteiger charge is -2.62. The minimum atomic E-state index is -0.172. The van der Waals surface area contributed by atoms with E-state index in [9.17, 15) is 9.90 Å². The summed E-state index contributed by atoms with van der Waals surface area (Å²) < 4.78 is 5.61. The van der Waals surface area contributed by atoms with E-state index in [2.05, 4.69) is 34.6 Å². The summed E-state index contributed by atoms with van der Waals surface area (Å²) in [7, 11) is 0. The van der Waals surface area contributed by atoms with E-state index < -0.39 is 0 Å². The van der Waals surface area contributed by atoms with Gasteiger partial charge in [0.2, 0.25) is 0 Å². The zero-order valence-corrected chi connectivity index (χ0v) is 21.7. The summed E-state index contributed by atoms with van der Waals surface area (Å²) in [4.78, 5) is 11.5. The highest BCUT2D eigenvalue weighted by Crippen LogP contribution is 2.68. The van der Waals surface area contributed by atoms with Crippen LogP contribution in [0.2, 0.25) is 0 Å². The molecule has 10 atom stereocenters. The predicted octanol–water partition coefficient (Wildman–Crippen LogP) is 7.01. The second-order valence-corrected chi connectivity index (χ2v) is 13.3. The molecule has 32 heavy (non-hydrogen) atoms. The first-order valence-corrected chi connectivity index (χ1v) is 13.9. The summed E-state index contributed by atoms with van der Waals surface area (Å²) in [6.45, 7) is 13.9. The van der Waals surface area contributed by atoms with Crippen LogP contribution >= 0.6 is 0 Å². The van der Waals surface area contributed by atoms with Crippen LogP contribution in [0.4, 0.5) is 0 Å². The normalized spacial score (nSPS) is 46.8. The van der Waals surface area contributed by atoms with Crippen molar-refractivity contribution in [2.45, 2.75) is 124 Å². The molecule has 0 spiro atoms. The number of esters is 1. The summed E-state index contributed by atoms with van der Waals surface area (Å²) >= 11 is 0. The van der Waals surface area contributed by atoms with Gasteiger partial charge in [-0.15, -0.1) is 0 Å². The van der Waals surface area contributed by atoms with E-state index in [1.807, 2.05) is 0 Å². The molecule has 10 unspecified atom stereocenters. The van der Waals surface area contributed by atoms with Gasteiger partial charge in [-0.1, -0.05) is 53.9 Å². The minimum Gasteiger partial charge on any atom is -0.463 e. The van der Waals surface area contributed by atoms with Gasteiger partial charge in [0, 0.05) is 6.92 Å². The Morgan fingerprint density at radius 1 is 0.969 bits per heavy atom. The van der Waals surface area contributed by atoms with E-state index in [4.69, 9.17) is 4.74 Å². The van der Waals surface area contributed by atoms with Crippen molar-refractivity contribution in [2.75, 3.05) is 0 Å². The highest BCUT2D eigenvalue weighted by molar-refractivity contribution is 5.66. The van der Waals surface area contributed by atoms with Gasteiger partial charge in [0.05, 0.1) is 6.10 Å². The number of ether oxygens (including phenoxy) is 1. The van der Waals surface area contributed by atoms with Crippen molar-refractivity contribution >= 4 is 5.97 Å². The van der Waals surface area contributed by atoms with Crippen LogP contribution in [0, 0.1) is 52.3 Å². The second-order valence-electron chi connectivity index (χ2n) is 13.3. The van der Waals surface area contributed by atoms with Gasteiger partial charge in [0.15, 0.2) is 0 Å². The number of carbonyl (C=O) groups is 1. The van der Waals surface area contributed by atoms with Crippen LogP contribution in [0.5, 0.6) is 0 Å². The van der Waals surface area contributed by atoms with Crippen molar-refractivity contribution in [3.05, 3.63) is 0 Å². The fourth-order valence-corrected chi connectivity index (χ4v) is 9.55. The first kappa shape index (κ1) is 24.6. The summed E-state index contributed by atoms with van der Waals surface area (Å²) in [5.74, 6) is 4.61. The molecule has 4 rings (SSSR count). The Labute approximate surface area is 197 Å². The SMILES string of the molecule is CC(=O)OC1CCC2(C)C(C1)CC(O)C1C2CCC2(C)C(C(C)CCCC(C)C)CCC12. The van der Waals surface area contributed by atoms with Crippen LogP contribution < -0.4 is 0 Å². The summed E-state index contributed by atoms with van der Waals surface area (Å²) in [6.07, 6.45) is 13.3. The standard InChI is InChI=1S/C29H50O3/c1-18(2)8-7-9-19(3)23-10-11-24-27-25(13-15-29(23,24)6)28(5)14-12-22(32-20(4)30)16-21(28)17-26(27)31/h18-19,21-27,31H,7-17H2,1-6H3. The summed E-state index contributed by atoms with van der Waals surface area (Å²) in [5, 5.41) is 11.5. The second kappa shape index (κ2) is 9.23. The maximum absolute atomic E-state index is 11.5. The number of hydrogen-bond donors (Lipinski definition) is 1. The molecule has 3 heteroatoms. The van der Waals surface area contributed by atoms with Crippen LogP contribution in [0.1, 0.15) is 112 Å². The molecule has 4 aliphatic carbocycles. The molecule has 0 aliphatic heterocycles. The number of aliphatic hydroxyl groups excluding tert-OH is 1. The molecule has 4 fully saturated rings. The molecule has 0 radical (unpaired) electrons. The average molecular weight is 447 g/mol. The molecule has 0 aromatic heterocycles. The Morgan fingerprint density at radius 2 is 1.66 bits per heavy atom. The Kier molecular flexibility index (Phi) is 7.08. The maximum atomic E-state index is 11.5. The highest BCUT2D eigenvalue weighted by Gasteiger charge is 2.63. The maximum Gasteiger partial charge on any atom is 0.302 e. The van der Waals surface area contributed by atoms with Crippen molar-refractivity contribution in [3.63, 3.8) is 0 Å². The first-order chi connectivity index (χ1) is 15.1. The van der Waals surface area contributed by atoms with Crippen LogP contribution in [0.25, 0.3) is 0 Å². The Hall–Kier alpha value is -0.570. The molecule has 0 aromatic carbocycles. The van der Waals surface area contributed by atoms with Crippen molar-refractivity contribution in [2.24, 2.45) is 52.3 Å². The quantitative estimate of drug-likeness (QED) is 0.446. The zero-order chi connectivity index (χ0) is 23.3. The molecule has 3 nitrogen and oxygen atoms in total. The lowest BCUT2D eigenvalue weighted by molar-refractivity contribution is -0.182. The molecule has 0 saturated heterocycles. The minimum absolute atomic E-state index is 0.0609. The lowest BCUT2D eigenvalue weighted by Crippen LogP contribution is -2.58. The van der Waals surface area contributed by atoms with Crippen molar-refractivity contribution in [3.8, 4) is 0 Å². The lowest BCUT2D eigenvalue weighted by atomic mass is 9.43. The van der Waals surface area contributed by atoms with Crippen molar-refractivity contribution < 1.29 is 14.6 Å². The van der Waals surface area contributed by atoms with Crippen LogP contribution in [0.15, 0.2) is 0 Å². The fraction of sp³-hybridized carbons (Fsp3) is 0.966. The highest BCUT2D eigenvalue weighted by atomic mass is 16.5. The summed E-state index contributed by atoms with van der Waals surface area (Å²) in [5.41, 5.74) is 0.723. The third kappa shape index (κ3) is 4.29. The molecular weight excluding hydrogens is 396 g/mol. The van der Waals surface area contributed by atoms with Gasteiger partial charge in [-0.2, -0.15) is 0 Å². The monoisotopic (exact) mass is 446 g/mol. The van der Waals surface area contributed by atoms with Gasteiger partial charge >= 0.3 is 5.97 Å². The van der Waals surface area contributed by atoms with Crippen LogP contribution in [-0.4, -0.2) is 23.3 Å². The molecule has 4 aliphatic rings. The van der Waals surface area contributed by atoms with Crippen molar-refractivity contribution in [1.82, 2.24) is 0 Å². The Morgan fingerprint density at radius 3 is 2.34 bits per heavy atom. The smallest absolute Gasteiger partial charge is 0.302 e. The molecule has 0 aromatic rings. The third-order valence-electron chi connectivity index (χ3n) is 11.2. The van der Waals surface area contributed by atoms with E-state index in [0.29, 0.717) is 34.5 Å². The van der Waals surface area contributed by atoms with E-state index in [1.165, 1.54) is 51.9 Å². The average Bonchev–Trinajstić information content (AvgIpc) is 3.05. The Bertz CT molecular complexity index is 673. The van der Waals surface area contributed by atoms with Gasteiger partial charge in [0.25, 0.3) is 0 Å². The van der Waals surface area contributed by atoms with Gasteiger partial charge in [-0.3, -0.25) is 4.79 Å². The molecular formula is C29H50O3. The number of aliphatic hydroxyl groups is 1. The number of carbonyl (C=O) groups excluding carboxylic acids is 1. The van der Waals surface area contributed by atoms with E-state index >= 15 is 0 Å². The Balaban J connectivity index is 1.48. The third-order valence-corrected chi connectivity index (χ3v) is 11.2. The van der Waals surface area contributed by atoms with Gasteiger partial charge in [-0.25, -0.2) is 0 Å².